The fraction of sp³-hybridized carbons (Fsp3) is 0.286. The lowest BCUT2D eigenvalue weighted by Gasteiger charge is -2.29. The van der Waals surface area contributed by atoms with Crippen molar-refractivity contribution in [3.63, 3.8) is 0 Å². The number of nitrogens with zero attached hydrogens (tertiary/aromatic N) is 4. The summed E-state index contributed by atoms with van der Waals surface area (Å²) in [7, 11) is -3.61. The molecule has 1 aromatic carbocycles. The van der Waals surface area contributed by atoms with E-state index in [1.165, 1.54) is 22.9 Å². The second-order valence-electron chi connectivity index (χ2n) is 7.35. The summed E-state index contributed by atoms with van der Waals surface area (Å²) in [6.07, 6.45) is 0.369. The first-order valence-electron chi connectivity index (χ1n) is 9.53. The number of rotatable bonds is 4. The molecule has 0 saturated carbocycles. The molecule has 0 amide bonds. The average molecular weight is 448 g/mol. The molecule has 0 unspecified atom stereocenters. The zero-order valence-corrected chi connectivity index (χ0v) is 17.4. The van der Waals surface area contributed by atoms with E-state index in [2.05, 4.69) is 15.0 Å². The zero-order valence-electron chi connectivity index (χ0n) is 16.6. The van der Waals surface area contributed by atoms with Crippen LogP contribution in [0.1, 0.15) is 28.1 Å². The minimum absolute atomic E-state index is 0.107. The monoisotopic (exact) mass is 448 g/mol. The molecule has 2 aromatic heterocycles. The molecule has 0 radical (unpaired) electrons. The molecule has 0 N–H and O–H groups in total. The Hall–Kier alpha value is -2.85. The first-order valence-corrected chi connectivity index (χ1v) is 11.1. The van der Waals surface area contributed by atoms with Crippen molar-refractivity contribution < 1.29 is 21.6 Å². The molecule has 162 valence electrons. The van der Waals surface area contributed by atoms with Gasteiger partial charge in [-0.3, -0.25) is 4.98 Å². The van der Waals surface area contributed by atoms with Crippen molar-refractivity contribution in [1.29, 1.82) is 0 Å². The Balaban J connectivity index is 1.63. The van der Waals surface area contributed by atoms with E-state index in [9.17, 15) is 21.6 Å². The number of pyridine rings is 1. The van der Waals surface area contributed by atoms with Gasteiger partial charge in [0.05, 0.1) is 23.5 Å². The van der Waals surface area contributed by atoms with Crippen molar-refractivity contribution in [2.45, 2.75) is 31.8 Å². The van der Waals surface area contributed by atoms with Crippen LogP contribution in [0.4, 0.5) is 13.2 Å². The second-order valence-corrected chi connectivity index (χ2v) is 9.32. The molecule has 0 bridgehead atoms. The van der Waals surface area contributed by atoms with Gasteiger partial charge in [-0.25, -0.2) is 18.4 Å². The van der Waals surface area contributed by atoms with Gasteiger partial charge in [-0.05, 0) is 59.9 Å². The lowest BCUT2D eigenvalue weighted by Crippen LogP contribution is -2.37. The third-order valence-corrected chi connectivity index (χ3v) is 7.05. The summed E-state index contributed by atoms with van der Waals surface area (Å²) in [5, 5.41) is 0. The van der Waals surface area contributed by atoms with Crippen molar-refractivity contribution in [3.8, 4) is 11.1 Å². The molecule has 0 fully saturated rings. The number of halogens is 3. The van der Waals surface area contributed by atoms with Crippen LogP contribution in [-0.2, 0) is 34.9 Å². The number of hydrogen-bond donors (Lipinski definition) is 0. The van der Waals surface area contributed by atoms with E-state index in [-0.39, 0.29) is 18.8 Å². The molecule has 0 spiro atoms. The Morgan fingerprint density at radius 3 is 2.55 bits per heavy atom. The fourth-order valence-electron chi connectivity index (χ4n) is 3.75. The maximum Gasteiger partial charge on any atom is 0.416 e. The third-order valence-electron chi connectivity index (χ3n) is 5.29. The number of alkyl halides is 3. The smallest absolute Gasteiger partial charge is 0.260 e. The predicted octanol–water partition coefficient (Wildman–Crippen LogP) is 3.75. The highest BCUT2D eigenvalue weighted by atomic mass is 32.2. The van der Waals surface area contributed by atoms with Gasteiger partial charge < -0.3 is 0 Å². The molecule has 0 aliphatic carbocycles. The molecule has 1 aliphatic rings. The van der Waals surface area contributed by atoms with Crippen LogP contribution in [-0.4, -0.2) is 34.2 Å². The van der Waals surface area contributed by atoms with Gasteiger partial charge in [0, 0.05) is 18.9 Å². The summed E-state index contributed by atoms with van der Waals surface area (Å²) in [6.45, 7) is 2.01. The van der Waals surface area contributed by atoms with Crippen LogP contribution in [0.3, 0.4) is 0 Å². The number of benzene rings is 1. The molecular formula is C21H19F3N4O2S. The first-order chi connectivity index (χ1) is 14.6. The number of aryl methyl sites for hydroxylation is 1. The number of sulfonamides is 1. The predicted molar refractivity (Wildman–Crippen MR) is 108 cm³/mol. The van der Waals surface area contributed by atoms with Crippen LogP contribution in [0, 0.1) is 6.92 Å². The van der Waals surface area contributed by atoms with Crippen LogP contribution >= 0.6 is 0 Å². The Morgan fingerprint density at radius 1 is 1.06 bits per heavy atom. The van der Waals surface area contributed by atoms with Crippen LogP contribution in [0.15, 0.2) is 49.1 Å². The molecule has 6 nitrogen and oxygen atoms in total. The van der Waals surface area contributed by atoms with E-state index in [1.807, 2.05) is 0 Å². The fourth-order valence-corrected chi connectivity index (χ4v) is 5.16. The molecule has 0 saturated heterocycles. The van der Waals surface area contributed by atoms with Crippen molar-refractivity contribution >= 4 is 10.0 Å². The van der Waals surface area contributed by atoms with E-state index in [0.717, 1.165) is 23.3 Å². The van der Waals surface area contributed by atoms with Crippen molar-refractivity contribution in [3.05, 3.63) is 77.1 Å². The van der Waals surface area contributed by atoms with Gasteiger partial charge in [0.1, 0.15) is 12.1 Å². The number of aromatic nitrogens is 3. The summed E-state index contributed by atoms with van der Waals surface area (Å²) >= 11 is 0. The van der Waals surface area contributed by atoms with Crippen LogP contribution < -0.4 is 0 Å². The SMILES string of the molecule is Cc1cc(C(F)(F)F)ccc1-c1ccnc2c1CCN(S(=O)(=O)Cc1ccncn1)C2. The van der Waals surface area contributed by atoms with Gasteiger partial charge in [-0.1, -0.05) is 6.07 Å². The maximum absolute atomic E-state index is 13.0. The summed E-state index contributed by atoms with van der Waals surface area (Å²) in [6, 6.07) is 6.98. The largest absolute Gasteiger partial charge is 0.416 e. The summed E-state index contributed by atoms with van der Waals surface area (Å²) in [4.78, 5) is 12.1. The Labute approximate surface area is 177 Å². The standard InChI is InChI=1S/C21H19F3N4O2S/c1-14-10-15(21(22,23)24)2-3-17(14)18-5-8-26-20-11-28(9-6-19(18)20)31(29,30)12-16-4-7-25-13-27-16/h2-5,7-8,10,13H,6,9,11-12H2,1H3. The average Bonchev–Trinajstić information content (AvgIpc) is 2.73. The van der Waals surface area contributed by atoms with Gasteiger partial charge in [0.2, 0.25) is 10.0 Å². The van der Waals surface area contributed by atoms with E-state index in [1.54, 1.807) is 25.3 Å². The van der Waals surface area contributed by atoms with Crippen molar-refractivity contribution in [2.24, 2.45) is 0 Å². The van der Waals surface area contributed by atoms with Crippen LogP contribution in [0.25, 0.3) is 11.1 Å². The minimum Gasteiger partial charge on any atom is -0.260 e. The number of fused-ring (bicyclic) bond motifs is 1. The molecule has 31 heavy (non-hydrogen) atoms. The first kappa shape index (κ1) is 21.4. The Bertz CT molecular complexity index is 1220. The van der Waals surface area contributed by atoms with E-state index in [0.29, 0.717) is 28.9 Å². The van der Waals surface area contributed by atoms with Gasteiger partial charge >= 0.3 is 6.18 Å². The van der Waals surface area contributed by atoms with Gasteiger partial charge in [0.15, 0.2) is 0 Å². The highest BCUT2D eigenvalue weighted by molar-refractivity contribution is 7.88. The molecule has 1 aliphatic heterocycles. The van der Waals surface area contributed by atoms with E-state index in [4.69, 9.17) is 0 Å². The highest BCUT2D eigenvalue weighted by Crippen LogP contribution is 2.36. The normalized spacial score (nSPS) is 15.0. The molecule has 3 aromatic rings. The van der Waals surface area contributed by atoms with Crippen molar-refractivity contribution in [1.82, 2.24) is 19.3 Å². The third kappa shape index (κ3) is 4.45. The lowest BCUT2D eigenvalue weighted by atomic mass is 9.91. The molecular weight excluding hydrogens is 429 g/mol. The number of hydrogen-bond acceptors (Lipinski definition) is 5. The second kappa shape index (κ2) is 8.01. The van der Waals surface area contributed by atoms with Gasteiger partial charge in [-0.2, -0.15) is 17.5 Å². The topological polar surface area (TPSA) is 76.1 Å². The van der Waals surface area contributed by atoms with Gasteiger partial charge in [-0.15, -0.1) is 0 Å². The Morgan fingerprint density at radius 2 is 1.87 bits per heavy atom. The lowest BCUT2D eigenvalue weighted by molar-refractivity contribution is -0.137. The van der Waals surface area contributed by atoms with Gasteiger partial charge in [0.25, 0.3) is 0 Å². The summed E-state index contributed by atoms with van der Waals surface area (Å²) in [5.41, 5.74) is 3.14. The molecule has 10 heteroatoms. The van der Waals surface area contributed by atoms with Crippen molar-refractivity contribution in [2.75, 3.05) is 6.54 Å². The maximum atomic E-state index is 13.0. The quantitative estimate of drug-likeness (QED) is 0.608. The summed E-state index contributed by atoms with van der Waals surface area (Å²) in [5.74, 6) is -0.234. The summed E-state index contributed by atoms with van der Waals surface area (Å²) < 4.78 is 66.1. The molecule has 0 atom stereocenters. The van der Waals surface area contributed by atoms with E-state index >= 15 is 0 Å². The molecule has 3 heterocycles. The van der Waals surface area contributed by atoms with Crippen LogP contribution in [0.5, 0.6) is 0 Å². The van der Waals surface area contributed by atoms with E-state index < -0.39 is 21.8 Å². The Kier molecular flexibility index (Phi) is 5.52. The zero-order chi connectivity index (χ0) is 22.2. The molecule has 4 rings (SSSR count). The highest BCUT2D eigenvalue weighted by Gasteiger charge is 2.32. The van der Waals surface area contributed by atoms with Crippen LogP contribution in [0.2, 0.25) is 0 Å². The minimum atomic E-state index is -4.40.